The molecule has 1 amide bonds. The highest BCUT2D eigenvalue weighted by atomic mass is 19.4. The number of benzene rings is 1. The predicted molar refractivity (Wildman–Crippen MR) is 58.6 cm³/mol. The Morgan fingerprint density at radius 3 is 2.15 bits per heavy atom. The minimum atomic E-state index is -4.97. The number of halogens is 3. The van der Waals surface area contributed by atoms with E-state index in [1.54, 1.807) is 0 Å². The molecule has 0 aliphatic heterocycles. The van der Waals surface area contributed by atoms with Gasteiger partial charge >= 0.3 is 12.1 Å². The molecular formula is C11H10F3NO5. The molecule has 1 aromatic rings. The number of hydrogen-bond acceptors (Lipinski definition) is 4. The maximum absolute atomic E-state index is 12.7. The fourth-order valence-electron chi connectivity index (χ4n) is 1.50. The highest BCUT2D eigenvalue weighted by molar-refractivity contribution is 5.89. The first-order valence-corrected chi connectivity index (χ1v) is 5.15. The maximum Gasteiger partial charge on any atom is 0.417 e. The first kappa shape index (κ1) is 15.9. The van der Waals surface area contributed by atoms with Crippen LogP contribution in [0.4, 0.5) is 13.2 Å². The van der Waals surface area contributed by atoms with E-state index in [0.717, 1.165) is 6.07 Å². The summed E-state index contributed by atoms with van der Waals surface area (Å²) in [6.07, 6.45) is -9.07. The zero-order chi connectivity index (χ0) is 15.7. The van der Waals surface area contributed by atoms with Crippen LogP contribution in [-0.4, -0.2) is 33.3 Å². The largest absolute Gasteiger partial charge is 0.478 e. The van der Waals surface area contributed by atoms with Gasteiger partial charge in [0.15, 0.2) is 6.10 Å². The molecule has 0 saturated carbocycles. The number of hydrogen-bond donors (Lipinski definition) is 4. The Balaban J connectivity index is 3.33. The fourth-order valence-corrected chi connectivity index (χ4v) is 1.50. The molecule has 0 radical (unpaired) electrons. The molecule has 0 aliphatic rings. The van der Waals surface area contributed by atoms with Crippen molar-refractivity contribution in [3.05, 3.63) is 34.9 Å². The number of alkyl halides is 3. The molecule has 0 aliphatic carbocycles. The van der Waals surface area contributed by atoms with E-state index in [-0.39, 0.29) is 0 Å². The number of carboxylic acids is 1. The molecular weight excluding hydrogens is 283 g/mol. The molecule has 0 spiro atoms. The standard InChI is InChI=1S/C11H10F3NO5/c12-11(13,14)6-3-4(1-2-5(6)10(19)20)7(16)8(17)9(15)18/h1-3,7-8,16-17H,(H2,15,18)(H,19,20). The van der Waals surface area contributed by atoms with Crippen LogP contribution in [0.25, 0.3) is 0 Å². The minimum Gasteiger partial charge on any atom is -0.478 e. The summed E-state index contributed by atoms with van der Waals surface area (Å²) in [5.74, 6) is -3.12. The number of aromatic carboxylic acids is 1. The van der Waals surface area contributed by atoms with Crippen molar-refractivity contribution in [3.8, 4) is 0 Å². The third-order valence-corrected chi connectivity index (χ3v) is 2.51. The van der Waals surface area contributed by atoms with Crippen LogP contribution in [0, 0.1) is 0 Å². The third-order valence-electron chi connectivity index (χ3n) is 2.51. The van der Waals surface area contributed by atoms with E-state index in [0.29, 0.717) is 12.1 Å². The lowest BCUT2D eigenvalue weighted by molar-refractivity contribution is -0.138. The van der Waals surface area contributed by atoms with Crippen molar-refractivity contribution in [2.24, 2.45) is 5.73 Å². The predicted octanol–water partition coefficient (Wildman–Crippen LogP) is 0.283. The summed E-state index contributed by atoms with van der Waals surface area (Å²) < 4.78 is 38.1. The number of nitrogens with two attached hydrogens (primary N) is 1. The van der Waals surface area contributed by atoms with Gasteiger partial charge in [-0.3, -0.25) is 4.79 Å². The third kappa shape index (κ3) is 3.25. The first-order valence-electron chi connectivity index (χ1n) is 5.15. The summed E-state index contributed by atoms with van der Waals surface area (Å²) in [5.41, 5.74) is 1.72. The highest BCUT2D eigenvalue weighted by Gasteiger charge is 2.36. The van der Waals surface area contributed by atoms with Gasteiger partial charge in [-0.2, -0.15) is 13.2 Å². The van der Waals surface area contributed by atoms with Crippen molar-refractivity contribution in [2.45, 2.75) is 18.4 Å². The molecule has 0 saturated heterocycles. The van der Waals surface area contributed by atoms with Crippen LogP contribution < -0.4 is 5.73 Å². The molecule has 0 fully saturated rings. The topological polar surface area (TPSA) is 121 Å². The number of carbonyl (C=O) groups excluding carboxylic acids is 1. The van der Waals surface area contributed by atoms with Crippen LogP contribution >= 0.6 is 0 Å². The van der Waals surface area contributed by atoms with Crippen LogP contribution in [0.5, 0.6) is 0 Å². The second kappa shape index (κ2) is 5.47. The summed E-state index contributed by atoms with van der Waals surface area (Å²) >= 11 is 0. The Hall–Kier alpha value is -2.13. The summed E-state index contributed by atoms with van der Waals surface area (Å²) in [4.78, 5) is 21.4. The number of carboxylic acid groups (broad SMARTS) is 1. The number of carbonyl (C=O) groups is 2. The van der Waals surface area contributed by atoms with Gasteiger partial charge in [0.25, 0.3) is 0 Å². The molecule has 110 valence electrons. The molecule has 1 aromatic carbocycles. The van der Waals surface area contributed by atoms with E-state index in [1.807, 2.05) is 0 Å². The van der Waals surface area contributed by atoms with Gasteiger partial charge in [0, 0.05) is 0 Å². The lowest BCUT2D eigenvalue weighted by atomic mass is 9.97. The molecule has 20 heavy (non-hydrogen) atoms. The molecule has 0 heterocycles. The lowest BCUT2D eigenvalue weighted by Gasteiger charge is -2.18. The summed E-state index contributed by atoms with van der Waals surface area (Å²) in [7, 11) is 0. The van der Waals surface area contributed by atoms with Crippen molar-refractivity contribution in [2.75, 3.05) is 0 Å². The number of aliphatic hydroxyl groups is 2. The van der Waals surface area contributed by atoms with Crippen molar-refractivity contribution in [3.63, 3.8) is 0 Å². The van der Waals surface area contributed by atoms with Crippen molar-refractivity contribution < 1.29 is 38.1 Å². The zero-order valence-electron chi connectivity index (χ0n) is 9.76. The Morgan fingerprint density at radius 1 is 1.20 bits per heavy atom. The maximum atomic E-state index is 12.7. The second-order valence-corrected chi connectivity index (χ2v) is 3.90. The average Bonchev–Trinajstić information content (AvgIpc) is 2.34. The van der Waals surface area contributed by atoms with Crippen LogP contribution in [0.15, 0.2) is 18.2 Å². The quantitative estimate of drug-likeness (QED) is 0.635. The average molecular weight is 293 g/mol. The molecule has 0 bridgehead atoms. The molecule has 9 heteroatoms. The summed E-state index contributed by atoms with van der Waals surface area (Å²) in [6, 6.07) is 1.83. The van der Waals surface area contributed by atoms with E-state index in [2.05, 4.69) is 0 Å². The molecule has 1 rings (SSSR count). The van der Waals surface area contributed by atoms with Gasteiger partial charge in [0.2, 0.25) is 5.91 Å². The van der Waals surface area contributed by atoms with Crippen molar-refractivity contribution in [1.82, 2.24) is 0 Å². The van der Waals surface area contributed by atoms with Gasteiger partial charge in [-0.25, -0.2) is 4.79 Å². The number of amides is 1. The minimum absolute atomic E-state index is 0.348. The van der Waals surface area contributed by atoms with E-state index in [1.165, 1.54) is 0 Å². The van der Waals surface area contributed by atoms with Gasteiger partial charge in [0.1, 0.15) is 6.10 Å². The van der Waals surface area contributed by atoms with Gasteiger partial charge in [0.05, 0.1) is 11.1 Å². The number of aliphatic hydroxyl groups excluding tert-OH is 2. The Labute approximate surface area is 110 Å². The van der Waals surface area contributed by atoms with Crippen molar-refractivity contribution >= 4 is 11.9 Å². The van der Waals surface area contributed by atoms with Crippen LogP contribution in [0.3, 0.4) is 0 Å². The smallest absolute Gasteiger partial charge is 0.417 e. The molecule has 2 unspecified atom stereocenters. The molecule has 6 nitrogen and oxygen atoms in total. The summed E-state index contributed by atoms with van der Waals surface area (Å²) in [6.45, 7) is 0. The van der Waals surface area contributed by atoms with Gasteiger partial charge in [-0.15, -0.1) is 0 Å². The van der Waals surface area contributed by atoms with Gasteiger partial charge in [-0.05, 0) is 17.7 Å². The van der Waals surface area contributed by atoms with Gasteiger partial charge in [-0.1, -0.05) is 6.07 Å². The number of rotatable bonds is 4. The van der Waals surface area contributed by atoms with Gasteiger partial charge < -0.3 is 21.1 Å². The normalized spacial score (nSPS) is 14.7. The second-order valence-electron chi connectivity index (χ2n) is 3.90. The van der Waals surface area contributed by atoms with Crippen LogP contribution in [-0.2, 0) is 11.0 Å². The SMILES string of the molecule is NC(=O)C(O)C(O)c1ccc(C(=O)O)c(C(F)(F)F)c1. The number of primary amides is 1. The van der Waals surface area contributed by atoms with E-state index in [9.17, 15) is 33.0 Å². The van der Waals surface area contributed by atoms with Crippen LogP contribution in [0.2, 0.25) is 0 Å². The Kier molecular flexibility index (Phi) is 4.36. The monoisotopic (exact) mass is 293 g/mol. The highest BCUT2D eigenvalue weighted by Crippen LogP contribution is 2.34. The fraction of sp³-hybridized carbons (Fsp3) is 0.273. The lowest BCUT2D eigenvalue weighted by Crippen LogP contribution is -2.34. The van der Waals surface area contributed by atoms with Crippen LogP contribution in [0.1, 0.15) is 27.6 Å². The Morgan fingerprint density at radius 2 is 1.75 bits per heavy atom. The summed E-state index contributed by atoms with van der Waals surface area (Å²) in [5, 5.41) is 27.4. The van der Waals surface area contributed by atoms with E-state index < -0.39 is 47.0 Å². The van der Waals surface area contributed by atoms with Crippen molar-refractivity contribution in [1.29, 1.82) is 0 Å². The van der Waals surface area contributed by atoms with E-state index >= 15 is 0 Å². The molecule has 5 N–H and O–H groups in total. The molecule has 2 atom stereocenters. The Bertz CT molecular complexity index is 543. The molecule has 0 aromatic heterocycles. The zero-order valence-corrected chi connectivity index (χ0v) is 9.76. The first-order chi connectivity index (χ1) is 9.05. The van der Waals surface area contributed by atoms with E-state index in [4.69, 9.17) is 10.8 Å².